The average Bonchev–Trinajstić information content (AvgIpc) is 2.74. The lowest BCUT2D eigenvalue weighted by Gasteiger charge is -2.30. The van der Waals surface area contributed by atoms with E-state index in [2.05, 4.69) is 110 Å². The lowest BCUT2D eigenvalue weighted by atomic mass is 10.0. The fourth-order valence-corrected chi connectivity index (χ4v) is 3.61. The highest BCUT2D eigenvalue weighted by molar-refractivity contribution is 5.53. The molecule has 0 spiro atoms. The zero-order valence-electron chi connectivity index (χ0n) is 17.4. The number of hydrogen-bond acceptors (Lipinski definition) is 2. The van der Waals surface area contributed by atoms with Crippen LogP contribution in [0.2, 0.25) is 0 Å². The number of anilines is 1. The van der Waals surface area contributed by atoms with Crippen LogP contribution in [0.25, 0.3) is 0 Å². The summed E-state index contributed by atoms with van der Waals surface area (Å²) in [6.45, 7) is 9.68. The first-order chi connectivity index (χ1) is 13.7. The number of aryl methyl sites for hydroxylation is 1. The molecule has 0 amide bonds. The van der Waals surface area contributed by atoms with E-state index in [1.807, 2.05) is 0 Å². The first-order valence-corrected chi connectivity index (χ1v) is 10.3. The molecule has 0 heterocycles. The van der Waals surface area contributed by atoms with E-state index >= 15 is 0 Å². The Morgan fingerprint density at radius 3 is 2.14 bits per heavy atom. The van der Waals surface area contributed by atoms with Crippen LogP contribution in [0.15, 0.2) is 78.9 Å². The summed E-state index contributed by atoms with van der Waals surface area (Å²) in [5.74, 6) is 0. The third-order valence-electron chi connectivity index (χ3n) is 5.36. The Hall–Kier alpha value is -2.58. The van der Waals surface area contributed by atoms with Crippen molar-refractivity contribution in [3.63, 3.8) is 0 Å². The maximum atomic E-state index is 3.63. The Morgan fingerprint density at radius 2 is 1.50 bits per heavy atom. The summed E-state index contributed by atoms with van der Waals surface area (Å²) in [7, 11) is 0. The van der Waals surface area contributed by atoms with Crippen LogP contribution in [0.4, 0.5) is 5.69 Å². The standard InChI is InChI=1S/C26H32N2/c1-4-17-28(20-24-13-9-6-10-14-24)22(3)25-16-15-21(2)26(18-25)27-19-23-11-7-5-8-12-23/h5-16,18,22,27H,4,17,19-20H2,1-3H3/t22-/m1/s1. The summed E-state index contributed by atoms with van der Waals surface area (Å²) in [4.78, 5) is 2.57. The number of nitrogens with zero attached hydrogens (tertiary/aromatic N) is 1. The Morgan fingerprint density at radius 1 is 0.857 bits per heavy atom. The molecule has 146 valence electrons. The quantitative estimate of drug-likeness (QED) is 0.456. The second-order valence-corrected chi connectivity index (χ2v) is 7.55. The van der Waals surface area contributed by atoms with Gasteiger partial charge in [0.2, 0.25) is 0 Å². The monoisotopic (exact) mass is 372 g/mol. The molecular weight excluding hydrogens is 340 g/mol. The van der Waals surface area contributed by atoms with Gasteiger partial charge in [-0.05, 0) is 55.1 Å². The summed E-state index contributed by atoms with van der Waals surface area (Å²) in [6.07, 6.45) is 1.15. The topological polar surface area (TPSA) is 15.3 Å². The molecule has 28 heavy (non-hydrogen) atoms. The predicted molar refractivity (Wildman–Crippen MR) is 121 cm³/mol. The molecule has 0 aliphatic heterocycles. The molecule has 3 aromatic rings. The predicted octanol–water partition coefficient (Wildman–Crippen LogP) is 6.58. The largest absolute Gasteiger partial charge is 0.381 e. The molecule has 0 aliphatic rings. The molecule has 2 heteroatoms. The molecule has 3 rings (SSSR count). The van der Waals surface area contributed by atoms with Crippen LogP contribution < -0.4 is 5.32 Å². The highest BCUT2D eigenvalue weighted by Gasteiger charge is 2.16. The Bertz CT molecular complexity index is 843. The Kier molecular flexibility index (Phi) is 7.27. The van der Waals surface area contributed by atoms with Crippen molar-refractivity contribution in [3.8, 4) is 0 Å². The summed E-state index contributed by atoms with van der Waals surface area (Å²) in [6, 6.07) is 28.6. The van der Waals surface area contributed by atoms with Crippen LogP contribution in [-0.4, -0.2) is 11.4 Å². The van der Waals surface area contributed by atoms with Crippen molar-refractivity contribution < 1.29 is 0 Å². The SMILES string of the molecule is CCCN(Cc1ccccc1)[C@H](C)c1ccc(C)c(NCc2ccccc2)c1. The van der Waals surface area contributed by atoms with Crippen molar-refractivity contribution in [2.24, 2.45) is 0 Å². The van der Waals surface area contributed by atoms with E-state index in [-0.39, 0.29) is 0 Å². The van der Waals surface area contributed by atoms with Gasteiger partial charge in [-0.25, -0.2) is 0 Å². The molecule has 1 atom stereocenters. The molecule has 2 nitrogen and oxygen atoms in total. The number of nitrogens with one attached hydrogen (secondary N) is 1. The Labute approximate surface area is 170 Å². The zero-order chi connectivity index (χ0) is 19.8. The van der Waals surface area contributed by atoms with Gasteiger partial charge in [0, 0.05) is 24.8 Å². The van der Waals surface area contributed by atoms with Crippen LogP contribution in [0.5, 0.6) is 0 Å². The van der Waals surface area contributed by atoms with Gasteiger partial charge in [-0.1, -0.05) is 79.7 Å². The number of benzene rings is 3. The lowest BCUT2D eigenvalue weighted by molar-refractivity contribution is 0.202. The molecule has 0 fully saturated rings. The molecule has 0 saturated carbocycles. The molecule has 0 radical (unpaired) electrons. The van der Waals surface area contributed by atoms with E-state index in [4.69, 9.17) is 0 Å². The molecule has 1 N–H and O–H groups in total. The summed E-state index contributed by atoms with van der Waals surface area (Å²) >= 11 is 0. The van der Waals surface area contributed by atoms with Gasteiger partial charge in [-0.15, -0.1) is 0 Å². The second-order valence-electron chi connectivity index (χ2n) is 7.55. The van der Waals surface area contributed by atoms with Crippen molar-refractivity contribution in [1.82, 2.24) is 4.90 Å². The normalized spacial score (nSPS) is 12.1. The zero-order valence-corrected chi connectivity index (χ0v) is 17.4. The second kappa shape index (κ2) is 10.1. The van der Waals surface area contributed by atoms with Crippen molar-refractivity contribution in [3.05, 3.63) is 101 Å². The molecule has 0 aromatic heterocycles. The number of rotatable bonds is 9. The van der Waals surface area contributed by atoms with Crippen molar-refractivity contribution in [1.29, 1.82) is 0 Å². The van der Waals surface area contributed by atoms with Gasteiger partial charge >= 0.3 is 0 Å². The Balaban J connectivity index is 1.74. The summed E-state index contributed by atoms with van der Waals surface area (Å²) in [5, 5.41) is 3.63. The highest BCUT2D eigenvalue weighted by Crippen LogP contribution is 2.27. The van der Waals surface area contributed by atoms with Gasteiger partial charge in [0.25, 0.3) is 0 Å². The van der Waals surface area contributed by atoms with Crippen molar-refractivity contribution in [2.75, 3.05) is 11.9 Å². The van der Waals surface area contributed by atoms with E-state index in [1.165, 1.54) is 27.9 Å². The summed E-state index contributed by atoms with van der Waals surface area (Å²) < 4.78 is 0. The molecule has 0 unspecified atom stereocenters. The fraction of sp³-hybridized carbons (Fsp3) is 0.308. The maximum absolute atomic E-state index is 3.63. The van der Waals surface area contributed by atoms with Crippen LogP contribution in [0.3, 0.4) is 0 Å². The lowest BCUT2D eigenvalue weighted by Crippen LogP contribution is -2.27. The first kappa shape index (κ1) is 20.2. The maximum Gasteiger partial charge on any atom is 0.0400 e. The fourth-order valence-electron chi connectivity index (χ4n) is 3.61. The van der Waals surface area contributed by atoms with E-state index in [0.717, 1.165) is 26.1 Å². The van der Waals surface area contributed by atoms with Gasteiger partial charge in [0.05, 0.1) is 0 Å². The van der Waals surface area contributed by atoms with Gasteiger partial charge in [-0.3, -0.25) is 4.90 Å². The minimum Gasteiger partial charge on any atom is -0.381 e. The van der Waals surface area contributed by atoms with Gasteiger partial charge in [-0.2, -0.15) is 0 Å². The number of hydrogen-bond donors (Lipinski definition) is 1. The third-order valence-corrected chi connectivity index (χ3v) is 5.36. The highest BCUT2D eigenvalue weighted by atomic mass is 15.1. The third kappa shape index (κ3) is 5.46. The first-order valence-electron chi connectivity index (χ1n) is 10.3. The van der Waals surface area contributed by atoms with Gasteiger partial charge < -0.3 is 5.32 Å². The average molecular weight is 373 g/mol. The summed E-state index contributed by atoms with van der Waals surface area (Å²) in [5.41, 5.74) is 6.56. The van der Waals surface area contributed by atoms with Crippen molar-refractivity contribution >= 4 is 5.69 Å². The minimum absolute atomic E-state index is 0.373. The smallest absolute Gasteiger partial charge is 0.0400 e. The van der Waals surface area contributed by atoms with Crippen LogP contribution in [-0.2, 0) is 13.1 Å². The van der Waals surface area contributed by atoms with E-state index in [0.29, 0.717) is 6.04 Å². The van der Waals surface area contributed by atoms with Crippen molar-refractivity contribution in [2.45, 2.75) is 46.3 Å². The molecule has 3 aromatic carbocycles. The van der Waals surface area contributed by atoms with E-state index in [9.17, 15) is 0 Å². The van der Waals surface area contributed by atoms with Gasteiger partial charge in [0.1, 0.15) is 0 Å². The molecule has 0 saturated heterocycles. The van der Waals surface area contributed by atoms with Crippen LogP contribution in [0, 0.1) is 6.92 Å². The van der Waals surface area contributed by atoms with E-state index < -0.39 is 0 Å². The molecular formula is C26H32N2. The molecule has 0 bridgehead atoms. The van der Waals surface area contributed by atoms with E-state index in [1.54, 1.807) is 0 Å². The van der Waals surface area contributed by atoms with Crippen LogP contribution in [0.1, 0.15) is 48.6 Å². The van der Waals surface area contributed by atoms with Crippen LogP contribution >= 0.6 is 0 Å². The minimum atomic E-state index is 0.373. The molecule has 0 aliphatic carbocycles. The van der Waals surface area contributed by atoms with Gasteiger partial charge in [0.15, 0.2) is 0 Å².